The number of likely N-dealkylation sites (N-methyl/N-ethyl adjacent to an activating group) is 1. The number of pyridine rings is 1. The number of piperazine rings is 1. The van der Waals surface area contributed by atoms with E-state index in [9.17, 15) is 4.79 Å². The summed E-state index contributed by atoms with van der Waals surface area (Å²) in [7, 11) is 2.06. The highest BCUT2D eigenvalue weighted by molar-refractivity contribution is 6.42. The minimum absolute atomic E-state index is 0.0247. The number of aromatic nitrogens is 1. The van der Waals surface area contributed by atoms with Crippen molar-refractivity contribution in [3.63, 3.8) is 0 Å². The number of carbonyl (C=O) groups is 1. The number of nitrogens with one attached hydrogen (secondary N) is 1. The third kappa shape index (κ3) is 3.98. The Bertz CT molecular complexity index is 728. The maximum Gasteiger partial charge on any atom is 0.255 e. The predicted octanol–water partition coefficient (Wildman–Crippen LogP) is 3.52. The van der Waals surface area contributed by atoms with E-state index in [1.54, 1.807) is 30.5 Å². The average molecular weight is 365 g/mol. The van der Waals surface area contributed by atoms with Gasteiger partial charge in [-0.1, -0.05) is 23.2 Å². The summed E-state index contributed by atoms with van der Waals surface area (Å²) in [5.41, 5.74) is 1.38. The van der Waals surface area contributed by atoms with Gasteiger partial charge in [0.25, 0.3) is 5.91 Å². The number of amides is 1. The van der Waals surface area contributed by atoms with Crippen LogP contribution in [0.2, 0.25) is 10.0 Å². The van der Waals surface area contributed by atoms with E-state index in [0.29, 0.717) is 21.4 Å². The fourth-order valence-electron chi connectivity index (χ4n) is 2.51. The van der Waals surface area contributed by atoms with E-state index in [0.717, 1.165) is 31.9 Å². The van der Waals surface area contributed by atoms with Crippen LogP contribution in [0.25, 0.3) is 0 Å². The normalized spacial score (nSPS) is 15.4. The molecule has 126 valence electrons. The zero-order valence-corrected chi connectivity index (χ0v) is 14.8. The molecule has 2 heterocycles. The smallest absolute Gasteiger partial charge is 0.255 e. The van der Waals surface area contributed by atoms with Gasteiger partial charge in [-0.05, 0) is 37.4 Å². The van der Waals surface area contributed by atoms with Crippen molar-refractivity contribution in [2.75, 3.05) is 38.5 Å². The second-order valence-electron chi connectivity index (χ2n) is 5.78. The molecule has 0 spiro atoms. The lowest BCUT2D eigenvalue weighted by molar-refractivity contribution is 0.0663. The molecule has 2 aromatic rings. The van der Waals surface area contributed by atoms with Gasteiger partial charge in [0.05, 0.1) is 15.6 Å². The van der Waals surface area contributed by atoms with E-state index in [2.05, 4.69) is 22.2 Å². The zero-order valence-electron chi connectivity index (χ0n) is 13.3. The van der Waals surface area contributed by atoms with E-state index in [4.69, 9.17) is 23.2 Å². The monoisotopic (exact) mass is 364 g/mol. The Balaban J connectivity index is 1.66. The number of benzene rings is 1. The van der Waals surface area contributed by atoms with Crippen LogP contribution in [0.3, 0.4) is 0 Å². The van der Waals surface area contributed by atoms with Gasteiger partial charge >= 0.3 is 0 Å². The molecule has 1 amide bonds. The third-order valence-corrected chi connectivity index (χ3v) is 4.73. The highest BCUT2D eigenvalue weighted by Crippen LogP contribution is 2.26. The molecule has 5 nitrogen and oxygen atoms in total. The zero-order chi connectivity index (χ0) is 17.1. The van der Waals surface area contributed by atoms with Gasteiger partial charge in [0.2, 0.25) is 0 Å². The van der Waals surface area contributed by atoms with Crippen molar-refractivity contribution >= 4 is 40.6 Å². The van der Waals surface area contributed by atoms with Crippen LogP contribution in [0, 0.1) is 0 Å². The van der Waals surface area contributed by atoms with Gasteiger partial charge in [-0.3, -0.25) is 4.79 Å². The largest absolute Gasteiger partial charge is 0.340 e. The molecule has 0 unspecified atom stereocenters. The molecule has 1 aromatic heterocycles. The van der Waals surface area contributed by atoms with Gasteiger partial charge in [0.1, 0.15) is 5.82 Å². The highest BCUT2D eigenvalue weighted by Gasteiger charge is 2.20. The van der Waals surface area contributed by atoms with Crippen LogP contribution in [0.15, 0.2) is 36.5 Å². The molecule has 24 heavy (non-hydrogen) atoms. The first-order valence-electron chi connectivity index (χ1n) is 7.69. The SMILES string of the molecule is CN1CCN(C(=O)c2ccc(Nc3ccc(Cl)c(Cl)c3)nc2)CC1. The number of carbonyl (C=O) groups excluding carboxylic acids is 1. The van der Waals surface area contributed by atoms with Crippen LogP contribution in [0.4, 0.5) is 11.5 Å². The maximum absolute atomic E-state index is 12.5. The molecule has 0 bridgehead atoms. The molecular weight excluding hydrogens is 347 g/mol. The van der Waals surface area contributed by atoms with Crippen molar-refractivity contribution in [1.82, 2.24) is 14.8 Å². The van der Waals surface area contributed by atoms with Crippen molar-refractivity contribution in [2.24, 2.45) is 0 Å². The molecule has 1 aliphatic heterocycles. The Labute approximate surface area is 151 Å². The maximum atomic E-state index is 12.5. The van der Waals surface area contributed by atoms with Gasteiger partial charge in [-0.25, -0.2) is 4.98 Å². The van der Waals surface area contributed by atoms with E-state index in [-0.39, 0.29) is 5.91 Å². The summed E-state index contributed by atoms with van der Waals surface area (Å²) in [6, 6.07) is 8.84. The lowest BCUT2D eigenvalue weighted by atomic mass is 10.2. The summed E-state index contributed by atoms with van der Waals surface area (Å²) in [5.74, 6) is 0.667. The van der Waals surface area contributed by atoms with Crippen LogP contribution in [-0.2, 0) is 0 Å². The minimum atomic E-state index is 0.0247. The van der Waals surface area contributed by atoms with Gasteiger partial charge in [-0.2, -0.15) is 0 Å². The number of hydrogen-bond donors (Lipinski definition) is 1. The van der Waals surface area contributed by atoms with Crippen LogP contribution in [-0.4, -0.2) is 53.9 Å². The third-order valence-electron chi connectivity index (χ3n) is 3.99. The second kappa shape index (κ2) is 7.38. The van der Waals surface area contributed by atoms with Gasteiger partial charge in [0.15, 0.2) is 0 Å². The van der Waals surface area contributed by atoms with Crippen LogP contribution >= 0.6 is 23.2 Å². The minimum Gasteiger partial charge on any atom is -0.340 e. The number of rotatable bonds is 3. The van der Waals surface area contributed by atoms with Crippen molar-refractivity contribution in [3.05, 3.63) is 52.1 Å². The van der Waals surface area contributed by atoms with Crippen molar-refractivity contribution in [2.45, 2.75) is 0 Å². The van der Waals surface area contributed by atoms with Gasteiger partial charge in [0, 0.05) is 38.1 Å². The Morgan fingerprint density at radius 3 is 2.46 bits per heavy atom. The number of halogens is 2. The number of anilines is 2. The first-order valence-corrected chi connectivity index (χ1v) is 8.44. The van der Waals surface area contributed by atoms with E-state index < -0.39 is 0 Å². The van der Waals surface area contributed by atoms with Crippen molar-refractivity contribution in [3.8, 4) is 0 Å². The molecule has 1 N–H and O–H groups in total. The molecule has 0 aliphatic carbocycles. The van der Waals surface area contributed by atoms with Crippen LogP contribution in [0.5, 0.6) is 0 Å². The quantitative estimate of drug-likeness (QED) is 0.904. The standard InChI is InChI=1S/C17H18Cl2N4O/c1-22-6-8-23(9-7-22)17(24)12-2-5-16(20-11-12)21-13-3-4-14(18)15(19)10-13/h2-5,10-11H,6-9H2,1H3,(H,20,21). The van der Waals surface area contributed by atoms with E-state index in [1.807, 2.05) is 11.0 Å². The first kappa shape index (κ1) is 17.0. The van der Waals surface area contributed by atoms with Gasteiger partial charge < -0.3 is 15.1 Å². The Hall–Kier alpha value is -1.82. The Morgan fingerprint density at radius 1 is 1.08 bits per heavy atom. The number of nitrogens with zero attached hydrogens (tertiary/aromatic N) is 3. The Kier molecular flexibility index (Phi) is 5.23. The molecule has 1 aliphatic rings. The first-order chi connectivity index (χ1) is 11.5. The molecule has 1 fully saturated rings. The summed E-state index contributed by atoms with van der Waals surface area (Å²) >= 11 is 11.9. The second-order valence-corrected chi connectivity index (χ2v) is 6.60. The molecule has 7 heteroatoms. The average Bonchev–Trinajstić information content (AvgIpc) is 2.59. The highest BCUT2D eigenvalue weighted by atomic mass is 35.5. The van der Waals surface area contributed by atoms with Gasteiger partial charge in [-0.15, -0.1) is 0 Å². The van der Waals surface area contributed by atoms with Crippen molar-refractivity contribution < 1.29 is 4.79 Å². The number of hydrogen-bond acceptors (Lipinski definition) is 4. The fraction of sp³-hybridized carbons (Fsp3) is 0.294. The lowest BCUT2D eigenvalue weighted by Crippen LogP contribution is -2.47. The van der Waals surface area contributed by atoms with Crippen LogP contribution < -0.4 is 5.32 Å². The molecule has 3 rings (SSSR count). The molecule has 0 saturated carbocycles. The molecule has 0 atom stereocenters. The molecule has 0 radical (unpaired) electrons. The molecule has 1 aromatic carbocycles. The van der Waals surface area contributed by atoms with E-state index in [1.165, 1.54) is 0 Å². The topological polar surface area (TPSA) is 48.5 Å². The Morgan fingerprint density at radius 2 is 1.83 bits per heavy atom. The van der Waals surface area contributed by atoms with E-state index >= 15 is 0 Å². The molecule has 1 saturated heterocycles. The van der Waals surface area contributed by atoms with Crippen molar-refractivity contribution in [1.29, 1.82) is 0 Å². The lowest BCUT2D eigenvalue weighted by Gasteiger charge is -2.32. The fourth-order valence-corrected chi connectivity index (χ4v) is 2.81. The summed E-state index contributed by atoms with van der Waals surface area (Å²) in [6.07, 6.45) is 1.60. The predicted molar refractivity (Wildman–Crippen MR) is 97.4 cm³/mol. The van der Waals surface area contributed by atoms with Crippen LogP contribution in [0.1, 0.15) is 10.4 Å². The summed E-state index contributed by atoms with van der Waals surface area (Å²) in [5, 5.41) is 4.12. The summed E-state index contributed by atoms with van der Waals surface area (Å²) in [6.45, 7) is 3.30. The summed E-state index contributed by atoms with van der Waals surface area (Å²) in [4.78, 5) is 20.9. The molecular formula is C17H18Cl2N4O. The summed E-state index contributed by atoms with van der Waals surface area (Å²) < 4.78 is 0.